The average molecular weight is 298 g/mol. The molecule has 1 heterocycles. The van der Waals surface area contributed by atoms with Crippen molar-refractivity contribution in [3.63, 3.8) is 0 Å². The Labute approximate surface area is 109 Å². The molecule has 1 saturated heterocycles. The molecule has 0 bridgehead atoms. The molecule has 0 aromatic heterocycles. The van der Waals surface area contributed by atoms with Gasteiger partial charge in [-0.1, -0.05) is 15.9 Å². The van der Waals surface area contributed by atoms with E-state index in [-0.39, 0.29) is 5.91 Å². The minimum atomic E-state index is -0.376. The van der Waals surface area contributed by atoms with Crippen LogP contribution in [0.2, 0.25) is 0 Å². The molecule has 1 aliphatic heterocycles. The van der Waals surface area contributed by atoms with Crippen LogP contribution in [0.4, 0.5) is 5.69 Å². The summed E-state index contributed by atoms with van der Waals surface area (Å²) in [7, 11) is 0. The van der Waals surface area contributed by atoms with Crippen LogP contribution in [0.25, 0.3) is 0 Å². The van der Waals surface area contributed by atoms with E-state index in [0.29, 0.717) is 11.6 Å². The predicted molar refractivity (Wildman–Crippen MR) is 72.3 cm³/mol. The molecule has 92 valence electrons. The Bertz CT molecular complexity index is 436. The largest absolute Gasteiger partial charge is 0.368 e. The number of nitrogens with two attached hydrogens (primary N) is 1. The third-order valence-electron chi connectivity index (χ3n) is 2.93. The molecule has 3 N–H and O–H groups in total. The number of hydrogen-bond donors (Lipinski definition) is 2. The molecule has 1 aromatic rings. The number of nitrogens with one attached hydrogen (secondary N) is 1. The van der Waals surface area contributed by atoms with Crippen molar-refractivity contribution in [1.82, 2.24) is 5.32 Å². The third-order valence-corrected chi connectivity index (χ3v) is 3.43. The first-order valence-corrected chi connectivity index (χ1v) is 6.45. The molecule has 1 atom stereocenters. The van der Waals surface area contributed by atoms with Crippen LogP contribution in [0.3, 0.4) is 0 Å². The van der Waals surface area contributed by atoms with Gasteiger partial charge < -0.3 is 16.0 Å². The van der Waals surface area contributed by atoms with Gasteiger partial charge in [0.15, 0.2) is 0 Å². The van der Waals surface area contributed by atoms with Crippen LogP contribution >= 0.6 is 15.9 Å². The smallest absolute Gasteiger partial charge is 0.250 e. The highest BCUT2D eigenvalue weighted by Crippen LogP contribution is 2.25. The number of carbonyl (C=O) groups excluding carboxylic acids is 1. The lowest BCUT2D eigenvalue weighted by molar-refractivity contribution is 0.100. The molecule has 1 amide bonds. The van der Waals surface area contributed by atoms with Crippen molar-refractivity contribution < 1.29 is 4.79 Å². The Balaban J connectivity index is 2.35. The first-order valence-electron chi connectivity index (χ1n) is 5.65. The van der Waals surface area contributed by atoms with Gasteiger partial charge in [-0.25, -0.2) is 0 Å². The Morgan fingerprint density at radius 1 is 1.59 bits per heavy atom. The van der Waals surface area contributed by atoms with E-state index in [1.807, 2.05) is 12.1 Å². The molecule has 1 aromatic carbocycles. The lowest BCUT2D eigenvalue weighted by Crippen LogP contribution is -2.49. The van der Waals surface area contributed by atoms with Crippen LogP contribution in [-0.2, 0) is 0 Å². The molecule has 0 saturated carbocycles. The average Bonchev–Trinajstić information content (AvgIpc) is 2.28. The number of carbonyl (C=O) groups is 1. The maximum atomic E-state index is 11.4. The molecule has 1 fully saturated rings. The maximum Gasteiger partial charge on any atom is 0.250 e. The van der Waals surface area contributed by atoms with Crippen molar-refractivity contribution in [2.75, 3.05) is 24.5 Å². The fourth-order valence-electron chi connectivity index (χ4n) is 2.13. The van der Waals surface area contributed by atoms with Gasteiger partial charge in [0.05, 0.1) is 11.3 Å². The number of primary amides is 1. The minimum absolute atomic E-state index is 0.376. The SMILES string of the molecule is C[C@H]1CN(c2cc(Br)ccc2C(N)=O)CCN1. The molecule has 0 spiro atoms. The molecule has 0 radical (unpaired) electrons. The third kappa shape index (κ3) is 2.79. The predicted octanol–water partition coefficient (Wildman–Crippen LogP) is 1.35. The number of piperazine rings is 1. The monoisotopic (exact) mass is 297 g/mol. The molecule has 2 rings (SSSR count). The van der Waals surface area contributed by atoms with Gasteiger partial charge in [-0.05, 0) is 25.1 Å². The minimum Gasteiger partial charge on any atom is -0.368 e. The summed E-state index contributed by atoms with van der Waals surface area (Å²) >= 11 is 3.43. The highest BCUT2D eigenvalue weighted by Gasteiger charge is 2.20. The highest BCUT2D eigenvalue weighted by atomic mass is 79.9. The molecule has 1 aliphatic rings. The van der Waals surface area contributed by atoms with Crippen molar-refractivity contribution in [1.29, 1.82) is 0 Å². The maximum absolute atomic E-state index is 11.4. The topological polar surface area (TPSA) is 58.4 Å². The second kappa shape index (κ2) is 5.06. The van der Waals surface area contributed by atoms with Gasteiger partial charge in [0, 0.05) is 30.1 Å². The van der Waals surface area contributed by atoms with E-state index in [2.05, 4.69) is 33.1 Å². The van der Waals surface area contributed by atoms with E-state index in [4.69, 9.17) is 5.73 Å². The van der Waals surface area contributed by atoms with Gasteiger partial charge in [0.2, 0.25) is 0 Å². The van der Waals surface area contributed by atoms with Gasteiger partial charge in [-0.15, -0.1) is 0 Å². The highest BCUT2D eigenvalue weighted by molar-refractivity contribution is 9.10. The Kier molecular flexibility index (Phi) is 3.69. The zero-order valence-corrected chi connectivity index (χ0v) is 11.3. The zero-order valence-electron chi connectivity index (χ0n) is 9.74. The van der Waals surface area contributed by atoms with Crippen molar-refractivity contribution in [3.8, 4) is 0 Å². The van der Waals surface area contributed by atoms with Crippen LogP contribution in [0.5, 0.6) is 0 Å². The lowest BCUT2D eigenvalue weighted by Gasteiger charge is -2.34. The summed E-state index contributed by atoms with van der Waals surface area (Å²) in [5.74, 6) is -0.376. The summed E-state index contributed by atoms with van der Waals surface area (Å²) < 4.78 is 0.962. The van der Waals surface area contributed by atoms with Crippen molar-refractivity contribution in [2.45, 2.75) is 13.0 Å². The van der Waals surface area contributed by atoms with Crippen LogP contribution < -0.4 is 16.0 Å². The van der Waals surface area contributed by atoms with E-state index in [9.17, 15) is 4.79 Å². The fraction of sp³-hybridized carbons (Fsp3) is 0.417. The first-order chi connectivity index (χ1) is 8.08. The van der Waals surface area contributed by atoms with Gasteiger partial charge in [0.25, 0.3) is 5.91 Å². The normalized spacial score (nSPS) is 20.4. The summed E-state index contributed by atoms with van der Waals surface area (Å²) in [6, 6.07) is 5.99. The Hall–Kier alpha value is -1.07. The number of halogens is 1. The molecule has 0 aliphatic carbocycles. The van der Waals surface area contributed by atoms with Gasteiger partial charge in [-0.3, -0.25) is 4.79 Å². The molecule has 17 heavy (non-hydrogen) atoms. The zero-order chi connectivity index (χ0) is 12.4. The standard InChI is InChI=1S/C12H16BrN3O/c1-8-7-16(5-4-15-8)11-6-9(13)2-3-10(11)12(14)17/h2-3,6,8,15H,4-5,7H2,1H3,(H2,14,17)/t8-/m0/s1. The summed E-state index contributed by atoms with van der Waals surface area (Å²) in [6.45, 7) is 4.83. The number of amides is 1. The molecule has 5 heteroatoms. The van der Waals surface area contributed by atoms with Crippen LogP contribution in [0.1, 0.15) is 17.3 Å². The Morgan fingerprint density at radius 3 is 3.00 bits per heavy atom. The number of rotatable bonds is 2. The number of benzene rings is 1. The Morgan fingerprint density at radius 2 is 2.35 bits per heavy atom. The summed E-state index contributed by atoms with van der Waals surface area (Å²) in [5.41, 5.74) is 6.91. The van der Waals surface area contributed by atoms with E-state index in [0.717, 1.165) is 29.8 Å². The number of hydrogen-bond acceptors (Lipinski definition) is 3. The summed E-state index contributed by atoms with van der Waals surface area (Å²) in [4.78, 5) is 13.6. The molecule has 4 nitrogen and oxygen atoms in total. The second-order valence-electron chi connectivity index (χ2n) is 4.33. The molecule has 0 unspecified atom stereocenters. The van der Waals surface area contributed by atoms with Gasteiger partial charge in [-0.2, -0.15) is 0 Å². The molecular weight excluding hydrogens is 282 g/mol. The fourth-order valence-corrected chi connectivity index (χ4v) is 2.47. The van der Waals surface area contributed by atoms with Crippen LogP contribution in [0, 0.1) is 0 Å². The number of nitrogens with zero attached hydrogens (tertiary/aromatic N) is 1. The van der Waals surface area contributed by atoms with Crippen molar-refractivity contribution in [3.05, 3.63) is 28.2 Å². The van der Waals surface area contributed by atoms with Crippen molar-refractivity contribution in [2.24, 2.45) is 5.73 Å². The van der Waals surface area contributed by atoms with E-state index in [1.54, 1.807) is 6.07 Å². The molecular formula is C12H16BrN3O. The van der Waals surface area contributed by atoms with Crippen LogP contribution in [-0.4, -0.2) is 31.6 Å². The second-order valence-corrected chi connectivity index (χ2v) is 5.24. The first kappa shape index (κ1) is 12.4. The number of anilines is 1. The van der Waals surface area contributed by atoms with Crippen LogP contribution in [0.15, 0.2) is 22.7 Å². The summed E-state index contributed by atoms with van der Waals surface area (Å²) in [5, 5.41) is 3.38. The van der Waals surface area contributed by atoms with E-state index < -0.39 is 0 Å². The summed E-state index contributed by atoms with van der Waals surface area (Å²) in [6.07, 6.45) is 0. The quantitative estimate of drug-likeness (QED) is 0.866. The lowest BCUT2D eigenvalue weighted by atomic mass is 10.1. The van der Waals surface area contributed by atoms with Crippen molar-refractivity contribution >= 4 is 27.5 Å². The van der Waals surface area contributed by atoms with Gasteiger partial charge in [0.1, 0.15) is 0 Å². The van der Waals surface area contributed by atoms with E-state index >= 15 is 0 Å². The van der Waals surface area contributed by atoms with Gasteiger partial charge >= 0.3 is 0 Å². The van der Waals surface area contributed by atoms with E-state index in [1.165, 1.54) is 0 Å².